The minimum absolute atomic E-state index is 0.743. The van der Waals surface area contributed by atoms with Crippen molar-refractivity contribution in [1.82, 2.24) is 5.32 Å². The first-order chi connectivity index (χ1) is 10.9. The van der Waals surface area contributed by atoms with Crippen LogP contribution in [0.5, 0.6) is 0 Å². The number of hydrogen-bond acceptors (Lipinski definition) is 2. The van der Waals surface area contributed by atoms with E-state index in [-0.39, 0.29) is 0 Å². The van der Waals surface area contributed by atoms with Gasteiger partial charge < -0.3 is 10.4 Å². The summed E-state index contributed by atoms with van der Waals surface area (Å²) in [5.41, 5.74) is 1.54. The fraction of sp³-hybridized carbons (Fsp3) is 0.353. The molecule has 1 aliphatic rings. The fourth-order valence-corrected chi connectivity index (χ4v) is 2.74. The molecule has 1 aliphatic heterocycles. The predicted octanol–water partition coefficient (Wildman–Crippen LogP) is 3.94. The average Bonchev–Trinajstić information content (AvgIpc) is 2.55. The summed E-state index contributed by atoms with van der Waals surface area (Å²) in [4.78, 5) is 8.90. The summed E-state index contributed by atoms with van der Waals surface area (Å²) >= 11 is 0. The molecule has 0 bridgehead atoms. The molecular formula is C17H18F3NO2. The molecule has 6 heteroatoms. The second kappa shape index (κ2) is 7.46. The van der Waals surface area contributed by atoms with E-state index in [0.29, 0.717) is 0 Å². The zero-order valence-electron chi connectivity index (χ0n) is 12.4. The van der Waals surface area contributed by atoms with E-state index >= 15 is 0 Å². The van der Waals surface area contributed by atoms with Gasteiger partial charge in [-0.15, -0.1) is 0 Å². The maximum atomic E-state index is 10.6. The smallest absolute Gasteiger partial charge is 0.475 e. The summed E-state index contributed by atoms with van der Waals surface area (Å²) in [6.07, 6.45) is -2.54. The molecule has 3 rings (SSSR count). The van der Waals surface area contributed by atoms with Gasteiger partial charge in [-0.2, -0.15) is 13.2 Å². The van der Waals surface area contributed by atoms with E-state index in [1.54, 1.807) is 5.56 Å². The Balaban J connectivity index is 0.000000236. The molecule has 124 valence electrons. The first-order valence-electron chi connectivity index (χ1n) is 7.38. The molecule has 0 aromatic heterocycles. The Morgan fingerprint density at radius 1 is 1.04 bits per heavy atom. The number of benzene rings is 2. The number of alkyl halides is 3. The van der Waals surface area contributed by atoms with Crippen LogP contribution in [0.3, 0.4) is 0 Å². The van der Waals surface area contributed by atoms with Crippen molar-refractivity contribution in [2.24, 2.45) is 0 Å². The van der Waals surface area contributed by atoms with Gasteiger partial charge in [0.15, 0.2) is 0 Å². The first kappa shape index (κ1) is 17.3. The molecule has 0 saturated carbocycles. The third-order valence-electron chi connectivity index (χ3n) is 3.84. The molecule has 0 radical (unpaired) electrons. The van der Waals surface area contributed by atoms with Gasteiger partial charge in [0.25, 0.3) is 0 Å². The van der Waals surface area contributed by atoms with Crippen LogP contribution in [0, 0.1) is 0 Å². The molecule has 23 heavy (non-hydrogen) atoms. The molecule has 0 aliphatic carbocycles. The summed E-state index contributed by atoms with van der Waals surface area (Å²) < 4.78 is 31.7. The van der Waals surface area contributed by atoms with Gasteiger partial charge in [0.05, 0.1) is 0 Å². The Kier molecular flexibility index (Phi) is 5.60. The number of carboxylic acids is 1. The molecule has 2 N–H and O–H groups in total. The molecule has 2 aromatic rings. The van der Waals surface area contributed by atoms with Crippen LogP contribution in [-0.2, 0) is 4.79 Å². The zero-order chi connectivity index (χ0) is 16.9. The topological polar surface area (TPSA) is 49.3 Å². The molecule has 0 amide bonds. The quantitative estimate of drug-likeness (QED) is 0.835. The lowest BCUT2D eigenvalue weighted by Gasteiger charge is -2.24. The minimum atomic E-state index is -5.08. The second-order valence-corrected chi connectivity index (χ2v) is 5.40. The van der Waals surface area contributed by atoms with Crippen LogP contribution in [-0.4, -0.2) is 30.3 Å². The van der Waals surface area contributed by atoms with Gasteiger partial charge in [-0.1, -0.05) is 42.5 Å². The molecule has 1 heterocycles. The van der Waals surface area contributed by atoms with E-state index in [4.69, 9.17) is 9.90 Å². The molecule has 3 nitrogen and oxygen atoms in total. The Morgan fingerprint density at radius 3 is 2.22 bits per heavy atom. The maximum Gasteiger partial charge on any atom is 0.490 e. The van der Waals surface area contributed by atoms with Crippen LogP contribution in [0.2, 0.25) is 0 Å². The number of carbonyl (C=O) groups is 1. The normalized spacial score (nSPS) is 15.8. The van der Waals surface area contributed by atoms with Crippen molar-refractivity contribution >= 4 is 16.7 Å². The van der Waals surface area contributed by atoms with Crippen molar-refractivity contribution in [1.29, 1.82) is 0 Å². The van der Waals surface area contributed by atoms with Gasteiger partial charge >= 0.3 is 12.1 Å². The summed E-state index contributed by atoms with van der Waals surface area (Å²) in [5.74, 6) is -2.01. The standard InChI is InChI=1S/C15H17N.C2HF3O2/c1-2-6-14-12(4-1)5-3-7-15(14)13-8-10-16-11-9-13;3-2(4,5)1(6)7/h1-7,13,16H,8-11H2;(H,6,7). The van der Waals surface area contributed by atoms with E-state index in [1.165, 1.54) is 23.6 Å². The number of hydrogen-bond donors (Lipinski definition) is 2. The first-order valence-corrected chi connectivity index (χ1v) is 7.38. The van der Waals surface area contributed by atoms with Gasteiger partial charge in [0, 0.05) is 0 Å². The molecule has 0 atom stereocenters. The SMILES string of the molecule is O=C(O)C(F)(F)F.c1ccc2c(C3CCNCC3)cccc2c1. The van der Waals surface area contributed by atoms with Crippen molar-refractivity contribution in [3.8, 4) is 0 Å². The van der Waals surface area contributed by atoms with Gasteiger partial charge in [-0.05, 0) is 48.2 Å². The summed E-state index contributed by atoms with van der Waals surface area (Å²) in [7, 11) is 0. The van der Waals surface area contributed by atoms with Crippen LogP contribution >= 0.6 is 0 Å². The lowest BCUT2D eigenvalue weighted by atomic mass is 9.87. The van der Waals surface area contributed by atoms with E-state index < -0.39 is 12.1 Å². The molecular weight excluding hydrogens is 307 g/mol. The fourth-order valence-electron chi connectivity index (χ4n) is 2.74. The highest BCUT2D eigenvalue weighted by Gasteiger charge is 2.38. The highest BCUT2D eigenvalue weighted by Crippen LogP contribution is 2.31. The van der Waals surface area contributed by atoms with Gasteiger partial charge in [-0.25, -0.2) is 4.79 Å². The Bertz CT molecular complexity index is 659. The van der Waals surface area contributed by atoms with Crippen LogP contribution in [0.1, 0.15) is 24.3 Å². The van der Waals surface area contributed by atoms with Gasteiger partial charge in [0.2, 0.25) is 0 Å². The third-order valence-corrected chi connectivity index (χ3v) is 3.84. The maximum absolute atomic E-state index is 10.6. The zero-order valence-corrected chi connectivity index (χ0v) is 12.4. The molecule has 1 saturated heterocycles. The van der Waals surface area contributed by atoms with E-state index in [2.05, 4.69) is 47.8 Å². The van der Waals surface area contributed by atoms with Crippen LogP contribution in [0.4, 0.5) is 13.2 Å². The van der Waals surface area contributed by atoms with Crippen LogP contribution in [0.25, 0.3) is 10.8 Å². The summed E-state index contributed by atoms with van der Waals surface area (Å²) in [6.45, 7) is 2.32. The summed E-state index contributed by atoms with van der Waals surface area (Å²) in [6, 6.07) is 15.4. The minimum Gasteiger partial charge on any atom is -0.475 e. The Morgan fingerprint density at radius 2 is 1.61 bits per heavy atom. The Labute approximate surface area is 132 Å². The van der Waals surface area contributed by atoms with E-state index in [0.717, 1.165) is 19.0 Å². The highest BCUT2D eigenvalue weighted by molar-refractivity contribution is 5.86. The average molecular weight is 325 g/mol. The van der Waals surface area contributed by atoms with Crippen molar-refractivity contribution in [2.75, 3.05) is 13.1 Å². The van der Waals surface area contributed by atoms with Crippen molar-refractivity contribution < 1.29 is 23.1 Å². The van der Waals surface area contributed by atoms with Crippen LogP contribution in [0.15, 0.2) is 42.5 Å². The number of carboxylic acid groups (broad SMARTS) is 1. The van der Waals surface area contributed by atoms with Crippen molar-refractivity contribution in [3.05, 3.63) is 48.0 Å². The van der Waals surface area contributed by atoms with Gasteiger partial charge in [-0.3, -0.25) is 0 Å². The largest absolute Gasteiger partial charge is 0.490 e. The molecule has 2 aromatic carbocycles. The predicted molar refractivity (Wildman–Crippen MR) is 82.5 cm³/mol. The number of halogens is 3. The summed E-state index contributed by atoms with van der Waals surface area (Å²) in [5, 5.41) is 13.4. The van der Waals surface area contributed by atoms with Crippen LogP contribution < -0.4 is 5.32 Å². The lowest BCUT2D eigenvalue weighted by molar-refractivity contribution is -0.192. The van der Waals surface area contributed by atoms with Crippen molar-refractivity contribution in [2.45, 2.75) is 24.9 Å². The second-order valence-electron chi connectivity index (χ2n) is 5.40. The number of fused-ring (bicyclic) bond motifs is 1. The lowest BCUT2D eigenvalue weighted by Crippen LogP contribution is -2.26. The molecule has 0 unspecified atom stereocenters. The van der Waals surface area contributed by atoms with Gasteiger partial charge in [0.1, 0.15) is 0 Å². The number of rotatable bonds is 1. The molecule has 0 spiro atoms. The molecule has 1 fully saturated rings. The Hall–Kier alpha value is -2.08. The number of nitrogens with one attached hydrogen (secondary N) is 1. The monoisotopic (exact) mass is 325 g/mol. The number of aliphatic carboxylic acids is 1. The highest BCUT2D eigenvalue weighted by atomic mass is 19.4. The van der Waals surface area contributed by atoms with E-state index in [9.17, 15) is 13.2 Å². The van der Waals surface area contributed by atoms with Crippen molar-refractivity contribution in [3.63, 3.8) is 0 Å². The van der Waals surface area contributed by atoms with E-state index in [1.807, 2.05) is 0 Å². The third kappa shape index (κ3) is 4.69. The number of piperidine rings is 1.